The van der Waals surface area contributed by atoms with Crippen LogP contribution >= 0.6 is 15.9 Å². The topological polar surface area (TPSA) is 24.1 Å². The smallest absolute Gasteiger partial charge is 0.0444 e. The normalized spacial score (nSPS) is 13.1. The molecule has 0 fully saturated rings. The summed E-state index contributed by atoms with van der Waals surface area (Å²) in [6, 6.07) is 9.35. The van der Waals surface area contributed by atoms with E-state index in [2.05, 4.69) is 64.7 Å². The molecule has 15 heavy (non-hydrogen) atoms. The molecule has 84 valence electrons. The Kier molecular flexibility index (Phi) is 5.29. The SMILES string of the molecule is CNC(CNC(C)C)c1ccc(Br)cc1. The van der Waals surface area contributed by atoms with Crippen molar-refractivity contribution in [1.29, 1.82) is 0 Å². The third-order valence-corrected chi connectivity index (χ3v) is 2.88. The monoisotopic (exact) mass is 270 g/mol. The van der Waals surface area contributed by atoms with Crippen molar-refractivity contribution in [2.24, 2.45) is 0 Å². The van der Waals surface area contributed by atoms with Gasteiger partial charge >= 0.3 is 0 Å². The van der Waals surface area contributed by atoms with Crippen molar-refractivity contribution in [3.63, 3.8) is 0 Å². The Morgan fingerprint density at radius 1 is 1.20 bits per heavy atom. The van der Waals surface area contributed by atoms with Gasteiger partial charge in [0.2, 0.25) is 0 Å². The molecule has 0 spiro atoms. The van der Waals surface area contributed by atoms with Crippen LogP contribution in [0.1, 0.15) is 25.5 Å². The van der Waals surface area contributed by atoms with Crippen LogP contribution in [0.25, 0.3) is 0 Å². The van der Waals surface area contributed by atoms with Gasteiger partial charge in [-0.05, 0) is 24.7 Å². The Labute approximate surface area is 101 Å². The van der Waals surface area contributed by atoms with Crippen LogP contribution in [0.2, 0.25) is 0 Å². The Morgan fingerprint density at radius 2 is 1.80 bits per heavy atom. The van der Waals surface area contributed by atoms with Crippen LogP contribution in [0.4, 0.5) is 0 Å². The molecule has 1 aromatic rings. The predicted octanol–water partition coefficient (Wildman–Crippen LogP) is 2.71. The van der Waals surface area contributed by atoms with Gasteiger partial charge in [-0.25, -0.2) is 0 Å². The van der Waals surface area contributed by atoms with Crippen LogP contribution in [0.5, 0.6) is 0 Å². The molecule has 0 aliphatic heterocycles. The molecule has 0 saturated carbocycles. The molecule has 0 heterocycles. The quantitative estimate of drug-likeness (QED) is 0.860. The van der Waals surface area contributed by atoms with Gasteiger partial charge in [-0.15, -0.1) is 0 Å². The van der Waals surface area contributed by atoms with Crippen molar-refractivity contribution < 1.29 is 0 Å². The Hall–Kier alpha value is -0.380. The van der Waals surface area contributed by atoms with Crippen molar-refractivity contribution >= 4 is 15.9 Å². The molecule has 0 aromatic heterocycles. The van der Waals surface area contributed by atoms with Gasteiger partial charge in [0, 0.05) is 23.1 Å². The summed E-state index contributed by atoms with van der Waals surface area (Å²) < 4.78 is 1.12. The van der Waals surface area contributed by atoms with Crippen LogP contribution in [-0.2, 0) is 0 Å². The highest BCUT2D eigenvalue weighted by atomic mass is 79.9. The fourth-order valence-electron chi connectivity index (χ4n) is 1.44. The number of halogens is 1. The van der Waals surface area contributed by atoms with Crippen molar-refractivity contribution in [1.82, 2.24) is 10.6 Å². The summed E-state index contributed by atoms with van der Waals surface area (Å²) in [4.78, 5) is 0. The third-order valence-electron chi connectivity index (χ3n) is 2.35. The van der Waals surface area contributed by atoms with E-state index in [-0.39, 0.29) is 0 Å². The van der Waals surface area contributed by atoms with Crippen LogP contribution in [-0.4, -0.2) is 19.6 Å². The van der Waals surface area contributed by atoms with E-state index in [0.717, 1.165) is 11.0 Å². The Balaban J connectivity index is 2.61. The molecule has 0 aliphatic rings. The van der Waals surface area contributed by atoms with Gasteiger partial charge < -0.3 is 10.6 Å². The Morgan fingerprint density at radius 3 is 2.27 bits per heavy atom. The van der Waals surface area contributed by atoms with Crippen molar-refractivity contribution in [3.05, 3.63) is 34.3 Å². The lowest BCUT2D eigenvalue weighted by Gasteiger charge is -2.19. The summed E-state index contributed by atoms with van der Waals surface area (Å²) in [5, 5.41) is 6.75. The first-order valence-corrected chi connectivity index (χ1v) is 6.09. The molecule has 2 N–H and O–H groups in total. The van der Waals surface area contributed by atoms with Gasteiger partial charge in [-0.3, -0.25) is 0 Å². The maximum absolute atomic E-state index is 3.44. The van der Waals surface area contributed by atoms with Gasteiger partial charge in [-0.1, -0.05) is 41.9 Å². The highest BCUT2D eigenvalue weighted by molar-refractivity contribution is 9.10. The van der Waals surface area contributed by atoms with Crippen molar-refractivity contribution in [3.8, 4) is 0 Å². The van der Waals surface area contributed by atoms with E-state index in [1.165, 1.54) is 5.56 Å². The number of hydrogen-bond acceptors (Lipinski definition) is 2. The molecular weight excluding hydrogens is 252 g/mol. The summed E-state index contributed by atoms with van der Waals surface area (Å²) in [5.74, 6) is 0. The van der Waals surface area contributed by atoms with E-state index in [1.54, 1.807) is 0 Å². The predicted molar refractivity (Wildman–Crippen MR) is 69.1 cm³/mol. The van der Waals surface area contributed by atoms with Crippen molar-refractivity contribution in [2.75, 3.05) is 13.6 Å². The van der Waals surface area contributed by atoms with E-state index in [1.807, 2.05) is 7.05 Å². The van der Waals surface area contributed by atoms with Crippen LogP contribution in [0.3, 0.4) is 0 Å². The zero-order valence-corrected chi connectivity index (χ0v) is 11.1. The molecule has 0 bridgehead atoms. The second-order valence-electron chi connectivity index (χ2n) is 3.96. The maximum atomic E-state index is 3.44. The molecule has 0 radical (unpaired) electrons. The molecule has 1 atom stereocenters. The number of rotatable bonds is 5. The molecule has 0 saturated heterocycles. The molecule has 0 aliphatic carbocycles. The van der Waals surface area contributed by atoms with Gasteiger partial charge in [0.05, 0.1) is 0 Å². The standard InChI is InChI=1S/C12H19BrN2/c1-9(2)15-8-12(14-3)10-4-6-11(13)7-5-10/h4-7,9,12,14-15H,8H2,1-3H3. The summed E-state index contributed by atoms with van der Waals surface area (Å²) in [6.45, 7) is 5.28. The lowest BCUT2D eigenvalue weighted by atomic mass is 10.1. The molecule has 3 heteroatoms. The highest BCUT2D eigenvalue weighted by Gasteiger charge is 2.08. The number of benzene rings is 1. The molecule has 1 rings (SSSR count). The average molecular weight is 271 g/mol. The minimum atomic E-state index is 0.375. The summed E-state index contributed by atoms with van der Waals surface area (Å²) in [5.41, 5.74) is 1.31. The van der Waals surface area contributed by atoms with E-state index < -0.39 is 0 Å². The minimum absolute atomic E-state index is 0.375. The summed E-state index contributed by atoms with van der Waals surface area (Å²) >= 11 is 3.44. The fraction of sp³-hybridized carbons (Fsp3) is 0.500. The average Bonchev–Trinajstić information content (AvgIpc) is 2.21. The van der Waals surface area contributed by atoms with Gasteiger partial charge in [0.15, 0.2) is 0 Å². The first kappa shape index (κ1) is 12.7. The highest BCUT2D eigenvalue weighted by Crippen LogP contribution is 2.16. The zero-order valence-electron chi connectivity index (χ0n) is 9.55. The summed E-state index contributed by atoms with van der Waals surface area (Å²) in [6.07, 6.45) is 0. The van der Waals surface area contributed by atoms with Crippen LogP contribution in [0.15, 0.2) is 28.7 Å². The van der Waals surface area contributed by atoms with Crippen LogP contribution in [0, 0.1) is 0 Å². The van der Waals surface area contributed by atoms with Gasteiger partial charge in [-0.2, -0.15) is 0 Å². The van der Waals surface area contributed by atoms with E-state index >= 15 is 0 Å². The number of hydrogen-bond donors (Lipinski definition) is 2. The molecule has 1 aromatic carbocycles. The van der Waals surface area contributed by atoms with Crippen LogP contribution < -0.4 is 10.6 Å². The Bertz CT molecular complexity index is 282. The third kappa shape index (κ3) is 4.33. The lowest BCUT2D eigenvalue weighted by molar-refractivity contribution is 0.491. The molecule has 1 unspecified atom stereocenters. The second kappa shape index (κ2) is 6.26. The minimum Gasteiger partial charge on any atom is -0.313 e. The van der Waals surface area contributed by atoms with Gasteiger partial charge in [0.25, 0.3) is 0 Å². The first-order chi connectivity index (χ1) is 7.13. The first-order valence-electron chi connectivity index (χ1n) is 5.29. The lowest BCUT2D eigenvalue weighted by Crippen LogP contribution is -2.33. The largest absolute Gasteiger partial charge is 0.313 e. The van der Waals surface area contributed by atoms with Gasteiger partial charge in [0.1, 0.15) is 0 Å². The number of likely N-dealkylation sites (N-methyl/N-ethyl adjacent to an activating group) is 1. The van der Waals surface area contributed by atoms with E-state index in [0.29, 0.717) is 12.1 Å². The molecule has 0 amide bonds. The molecular formula is C12H19BrN2. The maximum Gasteiger partial charge on any atom is 0.0444 e. The zero-order chi connectivity index (χ0) is 11.3. The number of nitrogens with one attached hydrogen (secondary N) is 2. The molecule has 2 nitrogen and oxygen atoms in total. The second-order valence-corrected chi connectivity index (χ2v) is 4.87. The van der Waals surface area contributed by atoms with E-state index in [4.69, 9.17) is 0 Å². The summed E-state index contributed by atoms with van der Waals surface area (Å²) in [7, 11) is 1.99. The van der Waals surface area contributed by atoms with E-state index in [9.17, 15) is 0 Å². The fourth-order valence-corrected chi connectivity index (χ4v) is 1.70. The van der Waals surface area contributed by atoms with Crippen molar-refractivity contribution in [2.45, 2.75) is 25.9 Å².